The van der Waals surface area contributed by atoms with E-state index in [1.807, 2.05) is 19.9 Å². The van der Waals surface area contributed by atoms with Crippen LogP contribution in [0.4, 0.5) is 14.9 Å². The van der Waals surface area contributed by atoms with Crippen LogP contribution in [0.15, 0.2) is 54.6 Å². The Morgan fingerprint density at radius 2 is 1.86 bits per heavy atom. The second-order valence-corrected chi connectivity index (χ2v) is 7.25. The maximum atomic E-state index is 13.3. The number of hydrogen-bond acceptors (Lipinski definition) is 3. The van der Waals surface area contributed by atoms with Crippen molar-refractivity contribution in [3.05, 3.63) is 66.0 Å². The topological polar surface area (TPSA) is 78.5 Å². The summed E-state index contributed by atoms with van der Waals surface area (Å²) in [7, 11) is 0. The highest BCUT2D eigenvalue weighted by molar-refractivity contribution is 6.10. The van der Waals surface area contributed by atoms with E-state index in [-0.39, 0.29) is 11.6 Å². The summed E-state index contributed by atoms with van der Waals surface area (Å²) in [5, 5.41) is 5.30. The van der Waals surface area contributed by atoms with Crippen LogP contribution >= 0.6 is 0 Å². The van der Waals surface area contributed by atoms with Gasteiger partial charge in [0.2, 0.25) is 5.91 Å². The number of halogens is 1. The lowest BCUT2D eigenvalue weighted by molar-refractivity contribution is -0.134. The summed E-state index contributed by atoms with van der Waals surface area (Å²) in [5.41, 5.74) is -0.269. The van der Waals surface area contributed by atoms with Crippen molar-refractivity contribution in [1.29, 1.82) is 0 Å². The van der Waals surface area contributed by atoms with Crippen molar-refractivity contribution in [3.8, 4) is 0 Å². The molecule has 6 nitrogen and oxygen atoms in total. The summed E-state index contributed by atoms with van der Waals surface area (Å²) in [4.78, 5) is 39.0. The van der Waals surface area contributed by atoms with Crippen molar-refractivity contribution in [2.75, 3.05) is 11.9 Å². The maximum absolute atomic E-state index is 13.3. The standard InChI is InChI=1S/C21H22FN3O3/c1-14(2)12-21(15-7-4-3-5-8-15)19(27)25(20(28)24-21)13-18(26)23-17-10-6-9-16(22)11-17/h3-11,14H,12-13H2,1-2H3,(H,23,26)(H,24,28). The predicted molar refractivity (Wildman–Crippen MR) is 103 cm³/mol. The highest BCUT2D eigenvalue weighted by Crippen LogP contribution is 2.35. The van der Waals surface area contributed by atoms with Crippen LogP contribution in [-0.2, 0) is 15.1 Å². The SMILES string of the molecule is CC(C)CC1(c2ccccc2)NC(=O)N(CC(=O)Nc2cccc(F)c2)C1=O. The molecule has 0 bridgehead atoms. The van der Waals surface area contributed by atoms with E-state index < -0.39 is 35.7 Å². The average molecular weight is 383 g/mol. The number of rotatable bonds is 6. The summed E-state index contributed by atoms with van der Waals surface area (Å²) in [6, 6.07) is 13.8. The number of nitrogens with zero attached hydrogens (tertiary/aromatic N) is 1. The number of imide groups is 1. The molecule has 1 aliphatic rings. The number of nitrogens with one attached hydrogen (secondary N) is 2. The zero-order chi connectivity index (χ0) is 20.3. The summed E-state index contributed by atoms with van der Waals surface area (Å²) >= 11 is 0. The molecule has 1 heterocycles. The second kappa shape index (κ2) is 7.80. The van der Waals surface area contributed by atoms with Crippen LogP contribution in [0.2, 0.25) is 0 Å². The van der Waals surface area contributed by atoms with Crippen molar-refractivity contribution in [3.63, 3.8) is 0 Å². The van der Waals surface area contributed by atoms with Crippen molar-refractivity contribution in [1.82, 2.24) is 10.2 Å². The van der Waals surface area contributed by atoms with Gasteiger partial charge in [0.05, 0.1) is 0 Å². The van der Waals surface area contributed by atoms with Crippen LogP contribution in [0, 0.1) is 11.7 Å². The number of carbonyl (C=O) groups excluding carboxylic acids is 3. The molecule has 0 aliphatic carbocycles. The van der Waals surface area contributed by atoms with E-state index >= 15 is 0 Å². The molecule has 0 saturated carbocycles. The van der Waals surface area contributed by atoms with Gasteiger partial charge in [-0.3, -0.25) is 14.5 Å². The van der Waals surface area contributed by atoms with E-state index in [0.29, 0.717) is 12.0 Å². The van der Waals surface area contributed by atoms with Crippen LogP contribution < -0.4 is 10.6 Å². The summed E-state index contributed by atoms with van der Waals surface area (Å²) in [6.07, 6.45) is 0.406. The second-order valence-electron chi connectivity index (χ2n) is 7.25. The predicted octanol–water partition coefficient (Wildman–Crippen LogP) is 3.26. The first kappa shape index (κ1) is 19.5. The molecule has 1 fully saturated rings. The molecular formula is C21H22FN3O3. The quantitative estimate of drug-likeness (QED) is 0.752. The molecule has 2 aromatic rings. The highest BCUT2D eigenvalue weighted by Gasteiger charge is 2.52. The Labute approximate surface area is 162 Å². The summed E-state index contributed by atoms with van der Waals surface area (Å²) in [6.45, 7) is 3.47. The van der Waals surface area contributed by atoms with Gasteiger partial charge in [-0.25, -0.2) is 9.18 Å². The minimum Gasteiger partial charge on any atom is -0.324 e. The largest absolute Gasteiger partial charge is 0.325 e. The molecule has 1 atom stereocenters. The molecule has 0 aromatic heterocycles. The molecule has 4 amide bonds. The Balaban J connectivity index is 1.82. The summed E-state index contributed by atoms with van der Waals surface area (Å²) in [5.74, 6) is -1.41. The minimum absolute atomic E-state index is 0.130. The third-order valence-corrected chi connectivity index (χ3v) is 4.57. The number of amides is 4. The van der Waals surface area contributed by atoms with Crippen molar-refractivity contribution in [2.45, 2.75) is 25.8 Å². The monoisotopic (exact) mass is 383 g/mol. The number of urea groups is 1. The lowest BCUT2D eigenvalue weighted by Crippen LogP contribution is -2.45. The molecule has 0 radical (unpaired) electrons. The number of benzene rings is 2. The average Bonchev–Trinajstić information content (AvgIpc) is 2.87. The van der Waals surface area contributed by atoms with Crippen molar-refractivity contribution in [2.24, 2.45) is 5.92 Å². The van der Waals surface area contributed by atoms with Gasteiger partial charge in [0.15, 0.2) is 0 Å². The first-order valence-electron chi connectivity index (χ1n) is 9.07. The van der Waals surface area contributed by atoms with E-state index in [1.54, 1.807) is 24.3 Å². The fraction of sp³-hybridized carbons (Fsp3) is 0.286. The van der Waals surface area contributed by atoms with Gasteiger partial charge in [-0.05, 0) is 36.1 Å². The van der Waals surface area contributed by atoms with E-state index in [2.05, 4.69) is 10.6 Å². The smallest absolute Gasteiger partial charge is 0.324 e. The third-order valence-electron chi connectivity index (χ3n) is 4.57. The van der Waals surface area contributed by atoms with Gasteiger partial charge in [-0.2, -0.15) is 0 Å². The first-order chi connectivity index (χ1) is 13.3. The van der Waals surface area contributed by atoms with Gasteiger partial charge in [-0.1, -0.05) is 50.2 Å². The molecule has 0 spiro atoms. The first-order valence-corrected chi connectivity index (χ1v) is 9.07. The number of hydrogen-bond donors (Lipinski definition) is 2. The molecule has 1 unspecified atom stereocenters. The molecule has 1 aliphatic heterocycles. The van der Waals surface area contributed by atoms with Crippen LogP contribution in [0.5, 0.6) is 0 Å². The molecule has 3 rings (SSSR count). The van der Waals surface area contributed by atoms with Gasteiger partial charge in [0.25, 0.3) is 5.91 Å². The Morgan fingerprint density at radius 1 is 1.14 bits per heavy atom. The molecular weight excluding hydrogens is 361 g/mol. The van der Waals surface area contributed by atoms with Crippen LogP contribution in [0.25, 0.3) is 0 Å². The van der Waals surface area contributed by atoms with Crippen LogP contribution in [0.3, 0.4) is 0 Å². The fourth-order valence-corrected chi connectivity index (χ4v) is 3.47. The Bertz CT molecular complexity index is 901. The van der Waals surface area contributed by atoms with Crippen molar-refractivity contribution >= 4 is 23.5 Å². The van der Waals surface area contributed by atoms with Gasteiger partial charge >= 0.3 is 6.03 Å². The Hall–Kier alpha value is -3.22. The van der Waals surface area contributed by atoms with E-state index in [1.165, 1.54) is 18.2 Å². The van der Waals surface area contributed by atoms with Gasteiger partial charge in [0.1, 0.15) is 17.9 Å². The normalized spacial score (nSPS) is 19.1. The van der Waals surface area contributed by atoms with Crippen LogP contribution in [-0.4, -0.2) is 29.3 Å². The Kier molecular flexibility index (Phi) is 5.44. The van der Waals surface area contributed by atoms with Gasteiger partial charge in [-0.15, -0.1) is 0 Å². The van der Waals surface area contributed by atoms with E-state index in [0.717, 1.165) is 11.0 Å². The number of carbonyl (C=O) groups is 3. The van der Waals surface area contributed by atoms with Crippen LogP contribution in [0.1, 0.15) is 25.8 Å². The molecule has 2 N–H and O–H groups in total. The minimum atomic E-state index is -1.20. The zero-order valence-electron chi connectivity index (χ0n) is 15.7. The lowest BCUT2D eigenvalue weighted by Gasteiger charge is -2.29. The van der Waals surface area contributed by atoms with E-state index in [4.69, 9.17) is 0 Å². The van der Waals surface area contributed by atoms with Gasteiger partial charge < -0.3 is 10.6 Å². The third kappa shape index (κ3) is 3.88. The molecule has 7 heteroatoms. The molecule has 28 heavy (non-hydrogen) atoms. The highest BCUT2D eigenvalue weighted by atomic mass is 19.1. The maximum Gasteiger partial charge on any atom is 0.325 e. The van der Waals surface area contributed by atoms with Gasteiger partial charge in [0, 0.05) is 5.69 Å². The number of anilines is 1. The van der Waals surface area contributed by atoms with E-state index in [9.17, 15) is 18.8 Å². The zero-order valence-corrected chi connectivity index (χ0v) is 15.7. The van der Waals surface area contributed by atoms with Crippen molar-refractivity contribution < 1.29 is 18.8 Å². The lowest BCUT2D eigenvalue weighted by atomic mass is 9.82. The molecule has 1 saturated heterocycles. The fourth-order valence-electron chi connectivity index (χ4n) is 3.47. The summed E-state index contributed by atoms with van der Waals surface area (Å²) < 4.78 is 13.3. The Morgan fingerprint density at radius 3 is 2.50 bits per heavy atom. The molecule has 2 aromatic carbocycles. The molecule has 146 valence electrons.